The number of ether oxygens (including phenoxy) is 2. The molecular weight excluding hydrogens is 475 g/mol. The number of amides is 1. The number of esters is 1. The molecular formula is C25H25FN2O6S. The molecule has 0 bridgehead atoms. The number of nitrogens with zero attached hydrogens (tertiary/aromatic N) is 1. The van der Waals surface area contributed by atoms with Crippen molar-refractivity contribution in [3.05, 3.63) is 84.2 Å². The van der Waals surface area contributed by atoms with Gasteiger partial charge in [-0.05, 0) is 80.6 Å². The van der Waals surface area contributed by atoms with Crippen molar-refractivity contribution >= 4 is 33.3 Å². The number of anilines is 2. The highest BCUT2D eigenvalue weighted by molar-refractivity contribution is 7.92. The number of carbonyl (C=O) groups excluding carboxylic acids is 2. The number of hydrogen-bond acceptors (Lipinski definition) is 6. The summed E-state index contributed by atoms with van der Waals surface area (Å²) in [4.78, 5) is 24.7. The summed E-state index contributed by atoms with van der Waals surface area (Å²) in [5, 5.41) is 2.61. The molecule has 0 saturated carbocycles. The summed E-state index contributed by atoms with van der Waals surface area (Å²) >= 11 is 0. The molecule has 0 saturated heterocycles. The maximum atomic E-state index is 13.4. The van der Waals surface area contributed by atoms with Crippen molar-refractivity contribution in [1.29, 1.82) is 0 Å². The van der Waals surface area contributed by atoms with E-state index in [1.165, 1.54) is 18.2 Å². The van der Waals surface area contributed by atoms with Crippen LogP contribution in [0.2, 0.25) is 0 Å². The highest BCUT2D eigenvalue weighted by atomic mass is 32.2. The van der Waals surface area contributed by atoms with Gasteiger partial charge in [0.15, 0.2) is 0 Å². The molecule has 3 rings (SSSR count). The third-order valence-electron chi connectivity index (χ3n) is 4.78. The molecule has 0 aliphatic carbocycles. The topological polar surface area (TPSA) is 102 Å². The van der Waals surface area contributed by atoms with Gasteiger partial charge in [0.05, 0.1) is 29.4 Å². The van der Waals surface area contributed by atoms with Crippen LogP contribution in [0.25, 0.3) is 0 Å². The Morgan fingerprint density at radius 2 is 1.63 bits per heavy atom. The molecule has 0 heterocycles. The molecule has 1 N–H and O–H groups in total. The van der Waals surface area contributed by atoms with Gasteiger partial charge < -0.3 is 14.8 Å². The second-order valence-electron chi connectivity index (χ2n) is 7.24. The second kappa shape index (κ2) is 11.5. The van der Waals surface area contributed by atoms with Gasteiger partial charge in [0, 0.05) is 5.69 Å². The van der Waals surface area contributed by atoms with Crippen LogP contribution in [0, 0.1) is 5.82 Å². The van der Waals surface area contributed by atoms with Crippen LogP contribution in [0.5, 0.6) is 5.75 Å². The quantitative estimate of drug-likeness (QED) is 0.418. The van der Waals surface area contributed by atoms with Crippen molar-refractivity contribution in [2.75, 3.05) is 29.4 Å². The molecule has 8 nitrogen and oxygen atoms in total. The fraction of sp³-hybridized carbons (Fsp3) is 0.200. The number of benzene rings is 3. The SMILES string of the molecule is CCOC(=O)c1cccc(NC(=O)CN(c2ccc(OCC)cc2)S(=O)(=O)c2ccc(F)cc2)c1. The van der Waals surface area contributed by atoms with Gasteiger partial charge >= 0.3 is 5.97 Å². The fourth-order valence-corrected chi connectivity index (χ4v) is 4.61. The van der Waals surface area contributed by atoms with Crippen molar-refractivity contribution < 1.29 is 31.9 Å². The second-order valence-corrected chi connectivity index (χ2v) is 9.10. The summed E-state index contributed by atoms with van der Waals surface area (Å²) < 4.78 is 51.5. The lowest BCUT2D eigenvalue weighted by atomic mass is 10.2. The number of hydrogen-bond donors (Lipinski definition) is 1. The molecule has 0 atom stereocenters. The molecule has 35 heavy (non-hydrogen) atoms. The molecule has 1 amide bonds. The monoisotopic (exact) mass is 500 g/mol. The molecule has 0 spiro atoms. The maximum absolute atomic E-state index is 13.4. The summed E-state index contributed by atoms with van der Waals surface area (Å²) in [5.41, 5.74) is 0.756. The van der Waals surface area contributed by atoms with Crippen molar-refractivity contribution in [2.45, 2.75) is 18.7 Å². The van der Waals surface area contributed by atoms with Crippen LogP contribution in [0.1, 0.15) is 24.2 Å². The Morgan fingerprint density at radius 3 is 2.26 bits per heavy atom. The summed E-state index contributed by atoms with van der Waals surface area (Å²) in [7, 11) is -4.22. The smallest absolute Gasteiger partial charge is 0.338 e. The third kappa shape index (κ3) is 6.57. The van der Waals surface area contributed by atoms with Crippen molar-refractivity contribution in [3.63, 3.8) is 0 Å². The predicted octanol–water partition coefficient (Wildman–Crippen LogP) is 4.24. The fourth-order valence-electron chi connectivity index (χ4n) is 3.19. The Kier molecular flexibility index (Phi) is 8.43. The molecule has 0 unspecified atom stereocenters. The standard InChI is InChI=1S/C25H25FN2O6S/c1-3-33-22-12-10-21(11-13-22)28(35(31,32)23-14-8-19(26)9-15-23)17-24(29)27-20-7-5-6-18(16-20)25(30)34-4-2/h5-16H,3-4,17H2,1-2H3,(H,27,29). The zero-order valence-corrected chi connectivity index (χ0v) is 20.0. The molecule has 10 heteroatoms. The lowest BCUT2D eigenvalue weighted by Gasteiger charge is -2.24. The average molecular weight is 501 g/mol. The van der Waals surface area contributed by atoms with Crippen LogP contribution >= 0.6 is 0 Å². The van der Waals surface area contributed by atoms with E-state index in [0.29, 0.717) is 18.0 Å². The summed E-state index contributed by atoms with van der Waals surface area (Å²) in [6.45, 7) is 3.57. The number of nitrogens with one attached hydrogen (secondary N) is 1. The number of sulfonamides is 1. The van der Waals surface area contributed by atoms with E-state index >= 15 is 0 Å². The Morgan fingerprint density at radius 1 is 0.943 bits per heavy atom. The van der Waals surface area contributed by atoms with Crippen LogP contribution < -0.4 is 14.4 Å². The molecule has 0 radical (unpaired) electrons. The summed E-state index contributed by atoms with van der Waals surface area (Å²) in [5.74, 6) is -1.24. The van der Waals surface area contributed by atoms with E-state index in [2.05, 4.69) is 5.32 Å². The van der Waals surface area contributed by atoms with Gasteiger partial charge in [-0.3, -0.25) is 9.10 Å². The summed E-state index contributed by atoms with van der Waals surface area (Å²) in [6, 6.07) is 16.7. The molecule has 3 aromatic rings. The van der Waals surface area contributed by atoms with Crippen LogP contribution in [0.15, 0.2) is 77.7 Å². The van der Waals surface area contributed by atoms with E-state index in [4.69, 9.17) is 9.47 Å². The lowest BCUT2D eigenvalue weighted by Crippen LogP contribution is -2.38. The molecule has 184 valence electrons. The number of halogens is 1. The van der Waals surface area contributed by atoms with E-state index in [-0.39, 0.29) is 22.8 Å². The molecule has 0 aromatic heterocycles. The van der Waals surface area contributed by atoms with Gasteiger partial charge in [0.25, 0.3) is 10.0 Å². The van der Waals surface area contributed by atoms with Gasteiger partial charge in [-0.25, -0.2) is 17.6 Å². The Bertz CT molecular complexity index is 1280. The highest BCUT2D eigenvalue weighted by Gasteiger charge is 2.27. The predicted molar refractivity (Wildman–Crippen MR) is 130 cm³/mol. The van der Waals surface area contributed by atoms with E-state index in [1.807, 2.05) is 6.92 Å². The minimum absolute atomic E-state index is 0.176. The number of carbonyl (C=O) groups is 2. The van der Waals surface area contributed by atoms with E-state index in [0.717, 1.165) is 28.6 Å². The first-order chi connectivity index (χ1) is 16.7. The lowest BCUT2D eigenvalue weighted by molar-refractivity contribution is -0.114. The van der Waals surface area contributed by atoms with E-state index in [9.17, 15) is 22.4 Å². The van der Waals surface area contributed by atoms with E-state index < -0.39 is 34.3 Å². The van der Waals surface area contributed by atoms with Gasteiger partial charge in [0.1, 0.15) is 18.1 Å². The zero-order chi connectivity index (χ0) is 25.4. The maximum Gasteiger partial charge on any atom is 0.338 e. The Balaban J connectivity index is 1.89. The minimum atomic E-state index is -4.22. The van der Waals surface area contributed by atoms with Crippen LogP contribution in [0.3, 0.4) is 0 Å². The first-order valence-electron chi connectivity index (χ1n) is 10.8. The first kappa shape index (κ1) is 25.7. The average Bonchev–Trinajstić information content (AvgIpc) is 2.84. The number of rotatable bonds is 10. The first-order valence-corrected chi connectivity index (χ1v) is 12.3. The summed E-state index contributed by atoms with van der Waals surface area (Å²) in [6.07, 6.45) is 0. The molecule has 3 aromatic carbocycles. The molecule has 0 fully saturated rings. The van der Waals surface area contributed by atoms with Gasteiger partial charge in [0.2, 0.25) is 5.91 Å². The highest BCUT2D eigenvalue weighted by Crippen LogP contribution is 2.26. The van der Waals surface area contributed by atoms with Gasteiger partial charge in [-0.1, -0.05) is 6.07 Å². The van der Waals surface area contributed by atoms with E-state index in [1.54, 1.807) is 37.3 Å². The minimum Gasteiger partial charge on any atom is -0.494 e. The Hall–Kier alpha value is -3.92. The van der Waals surface area contributed by atoms with Crippen LogP contribution in [-0.2, 0) is 19.6 Å². The van der Waals surface area contributed by atoms with Crippen molar-refractivity contribution in [3.8, 4) is 5.75 Å². The largest absolute Gasteiger partial charge is 0.494 e. The van der Waals surface area contributed by atoms with Crippen molar-refractivity contribution in [2.24, 2.45) is 0 Å². The Labute approximate surface area is 203 Å². The third-order valence-corrected chi connectivity index (χ3v) is 6.57. The normalized spacial score (nSPS) is 10.9. The van der Waals surface area contributed by atoms with Gasteiger partial charge in [-0.15, -0.1) is 0 Å². The van der Waals surface area contributed by atoms with Crippen LogP contribution in [0.4, 0.5) is 15.8 Å². The van der Waals surface area contributed by atoms with Gasteiger partial charge in [-0.2, -0.15) is 0 Å². The molecule has 0 aliphatic rings. The van der Waals surface area contributed by atoms with Crippen LogP contribution in [-0.4, -0.2) is 40.1 Å². The molecule has 0 aliphatic heterocycles. The zero-order valence-electron chi connectivity index (χ0n) is 19.2. The van der Waals surface area contributed by atoms with Crippen molar-refractivity contribution in [1.82, 2.24) is 0 Å².